The summed E-state index contributed by atoms with van der Waals surface area (Å²) in [7, 11) is 0. The molecule has 0 saturated heterocycles. The Kier molecular flexibility index (Phi) is 7.96. The zero-order valence-corrected chi connectivity index (χ0v) is 11.2. The summed E-state index contributed by atoms with van der Waals surface area (Å²) in [6, 6.07) is 0. The van der Waals surface area contributed by atoms with Crippen LogP contribution < -0.4 is 0 Å². The number of carbonyl (C=O) groups excluding carboxylic acids is 1. The van der Waals surface area contributed by atoms with Crippen LogP contribution in [0.4, 0.5) is 0 Å². The normalized spacial score (nSPS) is 12.6. The fraction of sp³-hybridized carbons (Fsp3) is 0.786. The molecule has 0 aromatic rings. The van der Waals surface area contributed by atoms with Gasteiger partial charge in [0.25, 0.3) is 0 Å². The summed E-state index contributed by atoms with van der Waals surface area (Å²) in [6.45, 7) is 11.7. The first-order valence-electron chi connectivity index (χ1n) is 6.43. The van der Waals surface area contributed by atoms with Crippen molar-refractivity contribution in [2.24, 2.45) is 5.92 Å². The molecule has 1 atom stereocenters. The van der Waals surface area contributed by atoms with Gasteiger partial charge < -0.3 is 4.74 Å². The highest BCUT2D eigenvalue weighted by atomic mass is 16.5. The molecule has 0 heterocycles. The van der Waals surface area contributed by atoms with Crippen molar-refractivity contribution in [3.63, 3.8) is 0 Å². The molecule has 16 heavy (non-hydrogen) atoms. The lowest BCUT2D eigenvalue weighted by Crippen LogP contribution is -2.26. The van der Waals surface area contributed by atoms with Crippen LogP contribution in [0, 0.1) is 5.92 Å². The van der Waals surface area contributed by atoms with Gasteiger partial charge in [0.15, 0.2) is 0 Å². The van der Waals surface area contributed by atoms with Gasteiger partial charge in [0.1, 0.15) is 6.10 Å². The topological polar surface area (TPSA) is 26.3 Å². The largest absolute Gasteiger partial charge is 0.459 e. The van der Waals surface area contributed by atoms with Gasteiger partial charge in [-0.05, 0) is 32.1 Å². The molecular formula is C14H26O2. The zero-order valence-electron chi connectivity index (χ0n) is 11.2. The van der Waals surface area contributed by atoms with Crippen LogP contribution in [-0.2, 0) is 9.53 Å². The van der Waals surface area contributed by atoms with Crippen LogP contribution in [-0.4, -0.2) is 12.1 Å². The Morgan fingerprint density at radius 3 is 2.00 bits per heavy atom. The van der Waals surface area contributed by atoms with Crippen LogP contribution in [0.15, 0.2) is 12.2 Å². The van der Waals surface area contributed by atoms with Crippen molar-refractivity contribution >= 4 is 5.97 Å². The molecule has 2 heteroatoms. The second-order valence-electron chi connectivity index (χ2n) is 4.47. The molecule has 0 aliphatic heterocycles. The lowest BCUT2D eigenvalue weighted by atomic mass is 9.91. The maximum atomic E-state index is 11.5. The van der Waals surface area contributed by atoms with Crippen molar-refractivity contribution in [1.82, 2.24) is 0 Å². The molecular weight excluding hydrogens is 200 g/mol. The molecule has 2 nitrogen and oxygen atoms in total. The molecule has 0 aliphatic rings. The minimum atomic E-state index is -0.246. The Bertz CT molecular complexity index is 215. The van der Waals surface area contributed by atoms with Crippen molar-refractivity contribution in [3.05, 3.63) is 12.2 Å². The first kappa shape index (κ1) is 15.2. The van der Waals surface area contributed by atoms with E-state index in [1.807, 2.05) is 0 Å². The van der Waals surface area contributed by atoms with Crippen molar-refractivity contribution in [3.8, 4) is 0 Å². The standard InChI is InChI=1S/C14H26O2/c1-6-9-12(10-7-2)13(8-3)16-14(15)11(4)5/h12-13H,4,6-10H2,1-3,5H3. The summed E-state index contributed by atoms with van der Waals surface area (Å²) >= 11 is 0. The fourth-order valence-corrected chi connectivity index (χ4v) is 2.01. The second kappa shape index (κ2) is 8.37. The van der Waals surface area contributed by atoms with Gasteiger partial charge >= 0.3 is 5.97 Å². The van der Waals surface area contributed by atoms with Crippen LogP contribution in [0.1, 0.15) is 59.8 Å². The lowest BCUT2D eigenvalue weighted by molar-refractivity contribution is -0.147. The zero-order chi connectivity index (χ0) is 12.6. The van der Waals surface area contributed by atoms with E-state index in [9.17, 15) is 4.79 Å². The first-order valence-corrected chi connectivity index (χ1v) is 6.43. The molecule has 0 saturated carbocycles. The molecule has 0 aromatic heterocycles. The summed E-state index contributed by atoms with van der Waals surface area (Å²) in [5.41, 5.74) is 0.491. The molecule has 0 rings (SSSR count). The van der Waals surface area contributed by atoms with E-state index in [-0.39, 0.29) is 12.1 Å². The van der Waals surface area contributed by atoms with Crippen LogP contribution >= 0.6 is 0 Å². The summed E-state index contributed by atoms with van der Waals surface area (Å²) in [5, 5.41) is 0. The van der Waals surface area contributed by atoms with E-state index >= 15 is 0 Å². The number of hydrogen-bond acceptors (Lipinski definition) is 2. The molecule has 0 aromatic carbocycles. The van der Waals surface area contributed by atoms with Gasteiger partial charge in [0.2, 0.25) is 0 Å². The number of esters is 1. The van der Waals surface area contributed by atoms with Gasteiger partial charge in [0.05, 0.1) is 0 Å². The minimum absolute atomic E-state index is 0.0594. The van der Waals surface area contributed by atoms with E-state index in [0.717, 1.165) is 32.1 Å². The molecule has 0 fully saturated rings. The Labute approximate surface area is 100 Å². The Balaban J connectivity index is 4.40. The van der Waals surface area contributed by atoms with E-state index in [2.05, 4.69) is 27.4 Å². The van der Waals surface area contributed by atoms with Crippen molar-refractivity contribution in [1.29, 1.82) is 0 Å². The maximum absolute atomic E-state index is 11.5. The summed E-state index contributed by atoms with van der Waals surface area (Å²) < 4.78 is 5.49. The highest BCUT2D eigenvalue weighted by molar-refractivity contribution is 5.87. The monoisotopic (exact) mass is 226 g/mol. The molecule has 0 amide bonds. The van der Waals surface area contributed by atoms with Crippen molar-refractivity contribution in [2.75, 3.05) is 0 Å². The average Bonchev–Trinajstić information content (AvgIpc) is 2.25. The minimum Gasteiger partial charge on any atom is -0.459 e. The maximum Gasteiger partial charge on any atom is 0.333 e. The highest BCUT2D eigenvalue weighted by Gasteiger charge is 2.22. The fourth-order valence-electron chi connectivity index (χ4n) is 2.01. The van der Waals surface area contributed by atoms with Crippen LogP contribution in [0.5, 0.6) is 0 Å². The molecule has 0 aliphatic carbocycles. The third kappa shape index (κ3) is 5.34. The molecule has 0 spiro atoms. The third-order valence-electron chi connectivity index (χ3n) is 2.85. The Morgan fingerprint density at radius 1 is 1.19 bits per heavy atom. The van der Waals surface area contributed by atoms with Gasteiger partial charge in [-0.25, -0.2) is 4.79 Å². The van der Waals surface area contributed by atoms with E-state index in [4.69, 9.17) is 4.74 Å². The van der Waals surface area contributed by atoms with Crippen LogP contribution in [0.25, 0.3) is 0 Å². The molecule has 94 valence electrons. The SMILES string of the molecule is C=C(C)C(=O)OC(CC)C(CCC)CCC. The van der Waals surface area contributed by atoms with E-state index in [1.165, 1.54) is 0 Å². The predicted octanol–water partition coefficient (Wildman–Crippen LogP) is 4.10. The number of rotatable bonds is 8. The van der Waals surface area contributed by atoms with Crippen molar-refractivity contribution in [2.45, 2.75) is 65.9 Å². The average molecular weight is 226 g/mol. The summed E-state index contributed by atoms with van der Waals surface area (Å²) in [6.07, 6.45) is 5.51. The van der Waals surface area contributed by atoms with Crippen molar-refractivity contribution < 1.29 is 9.53 Å². The summed E-state index contributed by atoms with van der Waals surface area (Å²) in [4.78, 5) is 11.5. The highest BCUT2D eigenvalue weighted by Crippen LogP contribution is 2.23. The van der Waals surface area contributed by atoms with Crippen LogP contribution in [0.2, 0.25) is 0 Å². The van der Waals surface area contributed by atoms with Gasteiger partial charge in [-0.15, -0.1) is 0 Å². The summed E-state index contributed by atoms with van der Waals surface area (Å²) in [5.74, 6) is 0.257. The van der Waals surface area contributed by atoms with E-state index in [0.29, 0.717) is 11.5 Å². The van der Waals surface area contributed by atoms with Crippen LogP contribution in [0.3, 0.4) is 0 Å². The Morgan fingerprint density at radius 2 is 1.69 bits per heavy atom. The quantitative estimate of drug-likeness (QED) is 0.460. The molecule has 0 N–H and O–H groups in total. The van der Waals surface area contributed by atoms with Gasteiger partial charge in [-0.1, -0.05) is 40.2 Å². The Hall–Kier alpha value is -0.790. The van der Waals surface area contributed by atoms with Gasteiger partial charge in [-0.2, -0.15) is 0 Å². The first-order chi connectivity index (χ1) is 7.56. The number of hydrogen-bond donors (Lipinski definition) is 0. The predicted molar refractivity (Wildman–Crippen MR) is 68.3 cm³/mol. The second-order valence-corrected chi connectivity index (χ2v) is 4.47. The number of carbonyl (C=O) groups is 1. The number of ether oxygens (including phenoxy) is 1. The third-order valence-corrected chi connectivity index (χ3v) is 2.85. The van der Waals surface area contributed by atoms with E-state index < -0.39 is 0 Å². The van der Waals surface area contributed by atoms with E-state index in [1.54, 1.807) is 6.92 Å². The van der Waals surface area contributed by atoms with Gasteiger partial charge in [-0.3, -0.25) is 0 Å². The smallest absolute Gasteiger partial charge is 0.333 e. The molecule has 1 unspecified atom stereocenters. The molecule has 0 radical (unpaired) electrons. The van der Waals surface area contributed by atoms with Gasteiger partial charge in [0, 0.05) is 5.57 Å². The molecule has 0 bridgehead atoms. The lowest BCUT2D eigenvalue weighted by Gasteiger charge is -2.25.